The van der Waals surface area contributed by atoms with E-state index in [2.05, 4.69) is 34.5 Å². The predicted molar refractivity (Wildman–Crippen MR) is 98.8 cm³/mol. The summed E-state index contributed by atoms with van der Waals surface area (Å²) in [5, 5.41) is 7.67. The molecule has 21 heavy (non-hydrogen) atoms. The topological polar surface area (TPSA) is 58.5 Å². The SMILES string of the molecule is CCNC(=NCc1nc(C)c(C)s1)NCC1CCCO1.I. The Morgan fingerprint density at radius 2 is 2.24 bits per heavy atom. The van der Waals surface area contributed by atoms with Gasteiger partial charge in [-0.25, -0.2) is 9.98 Å². The highest BCUT2D eigenvalue weighted by molar-refractivity contribution is 14.0. The number of aromatic nitrogens is 1. The molecule has 0 spiro atoms. The summed E-state index contributed by atoms with van der Waals surface area (Å²) in [6.07, 6.45) is 2.62. The number of halogens is 1. The first-order chi connectivity index (χ1) is 9.69. The van der Waals surface area contributed by atoms with Gasteiger partial charge in [-0.2, -0.15) is 0 Å². The monoisotopic (exact) mass is 424 g/mol. The van der Waals surface area contributed by atoms with Gasteiger partial charge in [0.2, 0.25) is 0 Å². The minimum absolute atomic E-state index is 0. The number of nitrogens with one attached hydrogen (secondary N) is 2. The van der Waals surface area contributed by atoms with E-state index in [9.17, 15) is 0 Å². The third-order valence-electron chi connectivity index (χ3n) is 3.31. The van der Waals surface area contributed by atoms with E-state index >= 15 is 0 Å². The fraction of sp³-hybridized carbons (Fsp3) is 0.714. The second-order valence-electron chi connectivity index (χ2n) is 4.96. The summed E-state index contributed by atoms with van der Waals surface area (Å²) in [4.78, 5) is 10.4. The van der Waals surface area contributed by atoms with Crippen molar-refractivity contribution in [2.45, 2.75) is 46.3 Å². The lowest BCUT2D eigenvalue weighted by Crippen LogP contribution is -2.41. The molecule has 0 bridgehead atoms. The molecule has 1 unspecified atom stereocenters. The van der Waals surface area contributed by atoms with Gasteiger partial charge in [-0.1, -0.05) is 0 Å². The van der Waals surface area contributed by atoms with Gasteiger partial charge in [0.15, 0.2) is 5.96 Å². The number of aryl methyl sites for hydroxylation is 2. The molecule has 1 saturated heterocycles. The number of rotatable bonds is 5. The van der Waals surface area contributed by atoms with Crippen LogP contribution in [-0.2, 0) is 11.3 Å². The number of thiazole rings is 1. The van der Waals surface area contributed by atoms with Crippen LogP contribution in [0.2, 0.25) is 0 Å². The maximum absolute atomic E-state index is 5.61. The van der Waals surface area contributed by atoms with E-state index in [0.717, 1.165) is 49.2 Å². The quantitative estimate of drug-likeness (QED) is 0.434. The Kier molecular flexibility index (Phi) is 8.50. The van der Waals surface area contributed by atoms with E-state index < -0.39 is 0 Å². The Labute approximate surface area is 148 Å². The van der Waals surface area contributed by atoms with Crippen molar-refractivity contribution in [3.63, 3.8) is 0 Å². The lowest BCUT2D eigenvalue weighted by Gasteiger charge is -2.14. The molecule has 0 aliphatic carbocycles. The summed E-state index contributed by atoms with van der Waals surface area (Å²) in [7, 11) is 0. The highest BCUT2D eigenvalue weighted by atomic mass is 127. The standard InChI is InChI=1S/C14H24N4OS.HI/c1-4-15-14(16-8-12-6-5-7-19-12)17-9-13-18-10(2)11(3)20-13;/h12H,4-9H2,1-3H3,(H2,15,16,17);1H. The van der Waals surface area contributed by atoms with Gasteiger partial charge in [0.1, 0.15) is 5.01 Å². The molecule has 1 aliphatic heterocycles. The van der Waals surface area contributed by atoms with Crippen LogP contribution in [-0.4, -0.2) is 36.7 Å². The van der Waals surface area contributed by atoms with Crippen molar-refractivity contribution in [2.24, 2.45) is 4.99 Å². The van der Waals surface area contributed by atoms with Crippen LogP contribution in [0.4, 0.5) is 0 Å². The molecule has 1 aromatic rings. The summed E-state index contributed by atoms with van der Waals surface area (Å²) >= 11 is 1.72. The van der Waals surface area contributed by atoms with Crippen LogP contribution in [0.3, 0.4) is 0 Å². The van der Waals surface area contributed by atoms with Gasteiger partial charge in [0, 0.05) is 24.6 Å². The molecule has 0 radical (unpaired) electrons. The number of aliphatic imine (C=N–C) groups is 1. The van der Waals surface area contributed by atoms with Gasteiger partial charge in [-0.15, -0.1) is 35.3 Å². The number of nitrogens with zero attached hydrogens (tertiary/aromatic N) is 2. The van der Waals surface area contributed by atoms with Crippen LogP contribution in [0.25, 0.3) is 0 Å². The van der Waals surface area contributed by atoms with Crippen molar-refractivity contribution >= 4 is 41.3 Å². The molecule has 2 heterocycles. The van der Waals surface area contributed by atoms with Crippen LogP contribution in [0.1, 0.15) is 35.3 Å². The lowest BCUT2D eigenvalue weighted by molar-refractivity contribution is 0.114. The Bertz CT molecular complexity index is 438. The van der Waals surface area contributed by atoms with Crippen molar-refractivity contribution in [1.82, 2.24) is 15.6 Å². The smallest absolute Gasteiger partial charge is 0.191 e. The van der Waals surface area contributed by atoms with Crippen molar-refractivity contribution < 1.29 is 4.74 Å². The molecule has 1 aromatic heterocycles. The largest absolute Gasteiger partial charge is 0.376 e. The maximum Gasteiger partial charge on any atom is 0.191 e. The van der Waals surface area contributed by atoms with Gasteiger partial charge >= 0.3 is 0 Å². The number of ether oxygens (including phenoxy) is 1. The number of guanidine groups is 1. The van der Waals surface area contributed by atoms with Gasteiger partial charge in [0.25, 0.3) is 0 Å². The Balaban J connectivity index is 0.00000220. The zero-order valence-corrected chi connectivity index (χ0v) is 16.1. The van der Waals surface area contributed by atoms with Gasteiger partial charge < -0.3 is 15.4 Å². The molecular formula is C14H25IN4OS. The fourth-order valence-corrected chi connectivity index (χ4v) is 2.97. The van der Waals surface area contributed by atoms with Crippen LogP contribution in [0, 0.1) is 13.8 Å². The van der Waals surface area contributed by atoms with Crippen molar-refractivity contribution in [3.8, 4) is 0 Å². The first-order valence-corrected chi connectivity index (χ1v) is 8.07. The van der Waals surface area contributed by atoms with E-state index in [1.807, 2.05) is 6.92 Å². The Morgan fingerprint density at radius 1 is 1.43 bits per heavy atom. The molecular weight excluding hydrogens is 399 g/mol. The van der Waals surface area contributed by atoms with Crippen LogP contribution < -0.4 is 10.6 Å². The average Bonchev–Trinajstić information content (AvgIpc) is 3.04. The fourth-order valence-electron chi connectivity index (χ4n) is 2.11. The molecule has 2 N–H and O–H groups in total. The average molecular weight is 424 g/mol. The van der Waals surface area contributed by atoms with Crippen LogP contribution in [0.5, 0.6) is 0 Å². The van der Waals surface area contributed by atoms with E-state index in [4.69, 9.17) is 4.74 Å². The molecule has 0 saturated carbocycles. The van der Waals surface area contributed by atoms with Gasteiger partial charge in [-0.3, -0.25) is 0 Å². The first kappa shape index (κ1) is 18.6. The summed E-state index contributed by atoms with van der Waals surface area (Å²) in [5.74, 6) is 0.841. The van der Waals surface area contributed by atoms with Crippen LogP contribution in [0.15, 0.2) is 4.99 Å². The zero-order valence-electron chi connectivity index (χ0n) is 12.9. The molecule has 1 fully saturated rings. The third kappa shape index (κ3) is 6.07. The highest BCUT2D eigenvalue weighted by Gasteiger charge is 2.15. The van der Waals surface area contributed by atoms with Gasteiger partial charge in [-0.05, 0) is 33.6 Å². The Hall–Kier alpha value is -0.410. The molecule has 5 nitrogen and oxygen atoms in total. The predicted octanol–water partition coefficient (Wildman–Crippen LogP) is 2.61. The third-order valence-corrected chi connectivity index (χ3v) is 4.37. The molecule has 120 valence electrons. The minimum atomic E-state index is 0. The second kappa shape index (κ2) is 9.58. The van der Waals surface area contributed by atoms with Crippen LogP contribution >= 0.6 is 35.3 Å². The summed E-state index contributed by atoms with van der Waals surface area (Å²) in [5.41, 5.74) is 1.11. The number of hydrogen-bond donors (Lipinski definition) is 2. The van der Waals surface area contributed by atoms with Crippen molar-refractivity contribution in [3.05, 3.63) is 15.6 Å². The normalized spacial score (nSPS) is 18.4. The van der Waals surface area contributed by atoms with Gasteiger partial charge in [0.05, 0.1) is 18.3 Å². The van der Waals surface area contributed by atoms with Crippen molar-refractivity contribution in [1.29, 1.82) is 0 Å². The van der Waals surface area contributed by atoms with E-state index in [1.54, 1.807) is 11.3 Å². The minimum Gasteiger partial charge on any atom is -0.376 e. The summed E-state index contributed by atoms with van der Waals surface area (Å²) in [6, 6.07) is 0. The second-order valence-corrected chi connectivity index (χ2v) is 6.25. The first-order valence-electron chi connectivity index (χ1n) is 7.25. The highest BCUT2D eigenvalue weighted by Crippen LogP contribution is 2.17. The lowest BCUT2D eigenvalue weighted by atomic mass is 10.2. The molecule has 1 atom stereocenters. The summed E-state index contributed by atoms with van der Waals surface area (Å²) < 4.78 is 5.61. The molecule has 0 aromatic carbocycles. The molecule has 2 rings (SSSR count). The van der Waals surface area contributed by atoms with Crippen molar-refractivity contribution in [2.75, 3.05) is 19.7 Å². The summed E-state index contributed by atoms with van der Waals surface area (Å²) in [6.45, 7) is 9.40. The maximum atomic E-state index is 5.61. The molecule has 7 heteroatoms. The van der Waals surface area contributed by atoms with E-state index in [0.29, 0.717) is 12.6 Å². The molecule has 1 aliphatic rings. The Morgan fingerprint density at radius 3 is 2.81 bits per heavy atom. The van der Waals surface area contributed by atoms with E-state index in [-0.39, 0.29) is 24.0 Å². The number of hydrogen-bond acceptors (Lipinski definition) is 4. The molecule has 0 amide bonds. The van der Waals surface area contributed by atoms with E-state index in [1.165, 1.54) is 4.88 Å². The zero-order chi connectivity index (χ0) is 14.4.